The van der Waals surface area contributed by atoms with Crippen LogP contribution in [0.1, 0.15) is 0 Å². The minimum Gasteiger partial charge on any atom is -0.465 e. The molecule has 1 aromatic heterocycles. The van der Waals surface area contributed by atoms with Crippen molar-refractivity contribution in [2.75, 3.05) is 31.1 Å². The van der Waals surface area contributed by atoms with Crippen molar-refractivity contribution in [3.8, 4) is 11.1 Å². The van der Waals surface area contributed by atoms with Gasteiger partial charge in [0.15, 0.2) is 0 Å². The summed E-state index contributed by atoms with van der Waals surface area (Å²) in [5, 5.41) is 9.02. The largest absolute Gasteiger partial charge is 0.465 e. The van der Waals surface area contributed by atoms with Gasteiger partial charge in [-0.15, -0.1) is 0 Å². The van der Waals surface area contributed by atoms with Crippen LogP contribution in [0.5, 0.6) is 0 Å². The van der Waals surface area contributed by atoms with Crippen LogP contribution in [-0.2, 0) is 0 Å². The molecule has 0 atom stereocenters. The zero-order valence-corrected chi connectivity index (χ0v) is 14.1. The first-order valence-electron chi connectivity index (χ1n) is 7.09. The van der Waals surface area contributed by atoms with E-state index in [9.17, 15) is 4.79 Å². The van der Waals surface area contributed by atoms with Crippen LogP contribution in [0.4, 0.5) is 10.5 Å². The van der Waals surface area contributed by atoms with Crippen LogP contribution >= 0.6 is 22.6 Å². The fourth-order valence-electron chi connectivity index (χ4n) is 2.59. The molecule has 1 N–H and O–H groups in total. The van der Waals surface area contributed by atoms with Gasteiger partial charge in [-0.2, -0.15) is 0 Å². The van der Waals surface area contributed by atoms with E-state index < -0.39 is 6.09 Å². The molecule has 0 unspecified atom stereocenters. The highest BCUT2D eigenvalue weighted by atomic mass is 127. The molecule has 0 spiro atoms. The number of rotatable bonds is 2. The maximum absolute atomic E-state index is 11.0. The van der Waals surface area contributed by atoms with Crippen molar-refractivity contribution in [1.29, 1.82) is 0 Å². The van der Waals surface area contributed by atoms with E-state index in [1.54, 1.807) is 0 Å². The van der Waals surface area contributed by atoms with Gasteiger partial charge in [-0.25, -0.2) is 9.78 Å². The molecule has 22 heavy (non-hydrogen) atoms. The number of pyridine rings is 1. The summed E-state index contributed by atoms with van der Waals surface area (Å²) in [7, 11) is 0. The third-order valence-corrected chi connectivity index (χ3v) is 4.68. The minimum absolute atomic E-state index is 0.530. The SMILES string of the molecule is O=C(O)N1CCN(c2cnc(I)c(-c3ccccc3)c2)CC1. The van der Waals surface area contributed by atoms with E-state index in [0.29, 0.717) is 26.2 Å². The van der Waals surface area contributed by atoms with Gasteiger partial charge in [-0.05, 0) is 34.2 Å². The summed E-state index contributed by atoms with van der Waals surface area (Å²) in [6.45, 7) is 2.45. The number of amides is 1. The lowest BCUT2D eigenvalue weighted by molar-refractivity contribution is 0.142. The second-order valence-corrected chi connectivity index (χ2v) is 6.18. The topological polar surface area (TPSA) is 56.7 Å². The van der Waals surface area contributed by atoms with Crippen molar-refractivity contribution in [2.24, 2.45) is 0 Å². The molecule has 6 heteroatoms. The number of halogens is 1. The van der Waals surface area contributed by atoms with Gasteiger partial charge in [0.1, 0.15) is 3.70 Å². The van der Waals surface area contributed by atoms with E-state index in [1.807, 2.05) is 24.4 Å². The molecule has 0 bridgehead atoms. The Balaban J connectivity index is 1.83. The molecule has 2 aromatic rings. The van der Waals surface area contributed by atoms with Crippen molar-refractivity contribution in [3.63, 3.8) is 0 Å². The normalized spacial score (nSPS) is 15.0. The van der Waals surface area contributed by atoms with Gasteiger partial charge in [0.05, 0.1) is 11.9 Å². The second-order valence-electron chi connectivity index (χ2n) is 5.15. The average molecular weight is 409 g/mol. The first-order chi connectivity index (χ1) is 10.6. The summed E-state index contributed by atoms with van der Waals surface area (Å²) in [6.07, 6.45) is 1.02. The number of carbonyl (C=O) groups is 1. The monoisotopic (exact) mass is 409 g/mol. The standard InChI is InChI=1S/C16H16IN3O2/c17-15-14(12-4-2-1-3-5-12)10-13(11-18-15)19-6-8-20(9-7-19)16(21)22/h1-5,10-11H,6-9H2,(H,21,22). The van der Waals surface area contributed by atoms with Gasteiger partial charge in [-0.3, -0.25) is 0 Å². The number of hydrogen-bond acceptors (Lipinski definition) is 3. The first-order valence-corrected chi connectivity index (χ1v) is 8.17. The summed E-state index contributed by atoms with van der Waals surface area (Å²) in [5.41, 5.74) is 3.30. The smallest absolute Gasteiger partial charge is 0.407 e. The number of carboxylic acid groups (broad SMARTS) is 1. The van der Waals surface area contributed by atoms with Crippen LogP contribution < -0.4 is 4.90 Å². The van der Waals surface area contributed by atoms with Crippen LogP contribution in [0, 0.1) is 3.70 Å². The minimum atomic E-state index is -0.842. The van der Waals surface area contributed by atoms with Gasteiger partial charge in [-0.1, -0.05) is 30.3 Å². The molecule has 3 rings (SSSR count). The number of anilines is 1. The third kappa shape index (κ3) is 3.16. The second kappa shape index (κ2) is 6.51. The zero-order valence-electron chi connectivity index (χ0n) is 11.9. The fraction of sp³-hybridized carbons (Fsp3) is 0.250. The highest BCUT2D eigenvalue weighted by Gasteiger charge is 2.21. The van der Waals surface area contributed by atoms with Crippen LogP contribution in [0.3, 0.4) is 0 Å². The molecule has 1 aliphatic rings. The highest BCUT2D eigenvalue weighted by Crippen LogP contribution is 2.28. The van der Waals surface area contributed by atoms with E-state index in [2.05, 4.69) is 50.7 Å². The molecule has 114 valence electrons. The third-order valence-electron chi connectivity index (χ3n) is 3.82. The van der Waals surface area contributed by atoms with Crippen molar-refractivity contribution in [1.82, 2.24) is 9.88 Å². The Morgan fingerprint density at radius 1 is 1.14 bits per heavy atom. The van der Waals surface area contributed by atoms with E-state index in [-0.39, 0.29) is 0 Å². The summed E-state index contributed by atoms with van der Waals surface area (Å²) >= 11 is 2.25. The molecule has 1 aliphatic heterocycles. The molecule has 1 amide bonds. The number of hydrogen-bond donors (Lipinski definition) is 1. The molecule has 2 heterocycles. The van der Waals surface area contributed by atoms with E-state index in [4.69, 9.17) is 5.11 Å². The fourth-order valence-corrected chi connectivity index (χ4v) is 3.19. The highest BCUT2D eigenvalue weighted by molar-refractivity contribution is 14.1. The van der Waals surface area contributed by atoms with Crippen LogP contribution in [0.2, 0.25) is 0 Å². The zero-order chi connectivity index (χ0) is 15.5. The molecule has 0 radical (unpaired) electrons. The van der Waals surface area contributed by atoms with Crippen LogP contribution in [-0.4, -0.2) is 47.3 Å². The molecule has 1 saturated heterocycles. The predicted molar refractivity (Wildman–Crippen MR) is 94.2 cm³/mol. The molecule has 0 aliphatic carbocycles. The summed E-state index contributed by atoms with van der Waals surface area (Å²) < 4.78 is 0.969. The van der Waals surface area contributed by atoms with Crippen molar-refractivity contribution >= 4 is 34.4 Å². The summed E-state index contributed by atoms with van der Waals surface area (Å²) in [6, 6.07) is 12.3. The summed E-state index contributed by atoms with van der Waals surface area (Å²) in [5.74, 6) is 0. The lowest BCUT2D eigenvalue weighted by atomic mass is 10.1. The Bertz CT molecular complexity index is 670. The predicted octanol–water partition coefficient (Wildman–Crippen LogP) is 3.15. The molecule has 0 saturated carbocycles. The Labute approximate surface area is 142 Å². The van der Waals surface area contributed by atoms with Gasteiger partial charge in [0.2, 0.25) is 0 Å². The van der Waals surface area contributed by atoms with Gasteiger partial charge in [0, 0.05) is 31.7 Å². The lowest BCUT2D eigenvalue weighted by Crippen LogP contribution is -2.48. The summed E-state index contributed by atoms with van der Waals surface area (Å²) in [4.78, 5) is 19.1. The lowest BCUT2D eigenvalue weighted by Gasteiger charge is -2.34. The maximum atomic E-state index is 11.0. The van der Waals surface area contributed by atoms with Crippen molar-refractivity contribution in [2.45, 2.75) is 0 Å². The average Bonchev–Trinajstić information content (AvgIpc) is 2.56. The van der Waals surface area contributed by atoms with E-state index in [0.717, 1.165) is 20.5 Å². The number of nitrogens with zero attached hydrogens (tertiary/aromatic N) is 3. The van der Waals surface area contributed by atoms with E-state index in [1.165, 1.54) is 4.90 Å². The van der Waals surface area contributed by atoms with Crippen molar-refractivity contribution < 1.29 is 9.90 Å². The molecule has 5 nitrogen and oxygen atoms in total. The van der Waals surface area contributed by atoms with Crippen LogP contribution in [0.25, 0.3) is 11.1 Å². The van der Waals surface area contributed by atoms with Gasteiger partial charge >= 0.3 is 6.09 Å². The molecular weight excluding hydrogens is 393 g/mol. The number of benzene rings is 1. The van der Waals surface area contributed by atoms with Gasteiger partial charge in [0.25, 0.3) is 0 Å². The number of aromatic nitrogens is 1. The Morgan fingerprint density at radius 2 is 1.82 bits per heavy atom. The Kier molecular flexibility index (Phi) is 4.47. The Morgan fingerprint density at radius 3 is 2.45 bits per heavy atom. The maximum Gasteiger partial charge on any atom is 0.407 e. The Hall–Kier alpha value is -1.83. The van der Waals surface area contributed by atoms with Gasteiger partial charge < -0.3 is 14.9 Å². The first kappa shape index (κ1) is 15.1. The molecule has 1 aromatic carbocycles. The number of piperazine rings is 1. The van der Waals surface area contributed by atoms with Crippen LogP contribution in [0.15, 0.2) is 42.6 Å². The quantitative estimate of drug-likeness (QED) is 0.612. The molecule has 1 fully saturated rings. The molecular formula is C16H16IN3O2. The van der Waals surface area contributed by atoms with E-state index >= 15 is 0 Å². The van der Waals surface area contributed by atoms with Crippen molar-refractivity contribution in [3.05, 3.63) is 46.3 Å².